The second-order valence-corrected chi connectivity index (χ2v) is 5.75. The van der Waals surface area contributed by atoms with E-state index in [0.717, 1.165) is 5.56 Å². The quantitative estimate of drug-likeness (QED) is 0.736. The predicted octanol–water partition coefficient (Wildman–Crippen LogP) is 2.76. The van der Waals surface area contributed by atoms with Crippen molar-refractivity contribution in [2.75, 3.05) is 20.3 Å². The molecule has 28 heavy (non-hydrogen) atoms. The molecule has 1 N–H and O–H groups in total. The third-order valence-electron chi connectivity index (χ3n) is 3.38. The molecule has 7 nitrogen and oxygen atoms in total. The predicted molar refractivity (Wildman–Crippen MR) is 91.2 cm³/mol. The van der Waals surface area contributed by atoms with Crippen LogP contribution >= 0.6 is 0 Å². The fourth-order valence-electron chi connectivity index (χ4n) is 2.15. The van der Waals surface area contributed by atoms with E-state index in [4.69, 9.17) is 9.84 Å². The summed E-state index contributed by atoms with van der Waals surface area (Å²) in [6.45, 7) is -1.76. The van der Waals surface area contributed by atoms with Gasteiger partial charge >= 0.3 is 12.1 Å². The molecule has 0 aliphatic carbocycles. The van der Waals surface area contributed by atoms with Crippen molar-refractivity contribution in [1.29, 1.82) is 0 Å². The van der Waals surface area contributed by atoms with Crippen molar-refractivity contribution in [3.63, 3.8) is 0 Å². The van der Waals surface area contributed by atoms with E-state index in [1.54, 1.807) is 24.3 Å². The molecule has 1 aromatic carbocycles. The Morgan fingerprint density at radius 2 is 1.79 bits per heavy atom. The average molecular weight is 398 g/mol. The molecule has 0 unspecified atom stereocenters. The first-order chi connectivity index (χ1) is 13.1. The monoisotopic (exact) mass is 398 g/mol. The molecular weight excluding hydrogens is 381 g/mol. The van der Waals surface area contributed by atoms with E-state index in [9.17, 15) is 22.8 Å². The van der Waals surface area contributed by atoms with Gasteiger partial charge in [-0.25, -0.2) is 9.78 Å². The summed E-state index contributed by atoms with van der Waals surface area (Å²) >= 11 is 0. The van der Waals surface area contributed by atoms with Crippen LogP contribution in [0.1, 0.15) is 16.1 Å². The maximum Gasteiger partial charge on any atom is 0.422 e. The van der Waals surface area contributed by atoms with Crippen LogP contribution in [0.3, 0.4) is 0 Å². The molecule has 2 aromatic rings. The van der Waals surface area contributed by atoms with Crippen LogP contribution < -0.4 is 9.47 Å². The smallest absolute Gasteiger partial charge is 0.422 e. The third kappa shape index (κ3) is 6.78. The summed E-state index contributed by atoms with van der Waals surface area (Å²) in [6.07, 6.45) is -4.50. The van der Waals surface area contributed by atoms with Crippen molar-refractivity contribution >= 4 is 11.9 Å². The van der Waals surface area contributed by atoms with Gasteiger partial charge in [0.25, 0.3) is 5.91 Å². The minimum absolute atomic E-state index is 0.0522. The molecule has 0 saturated heterocycles. The average Bonchev–Trinajstić information content (AvgIpc) is 2.65. The molecule has 0 radical (unpaired) electrons. The molecule has 1 aromatic heterocycles. The second-order valence-electron chi connectivity index (χ2n) is 5.75. The van der Waals surface area contributed by atoms with Gasteiger partial charge in [0.15, 0.2) is 13.2 Å². The minimum Gasteiger partial charge on any atom is -0.482 e. The van der Waals surface area contributed by atoms with Crippen molar-refractivity contribution in [3.8, 4) is 11.6 Å². The lowest BCUT2D eigenvalue weighted by Gasteiger charge is -2.17. The Morgan fingerprint density at radius 1 is 1.11 bits per heavy atom. The van der Waals surface area contributed by atoms with Gasteiger partial charge in [-0.2, -0.15) is 13.2 Å². The molecule has 0 bridgehead atoms. The highest BCUT2D eigenvalue weighted by atomic mass is 19.4. The van der Waals surface area contributed by atoms with Crippen LogP contribution in [0.4, 0.5) is 13.2 Å². The molecule has 2 rings (SSSR count). The van der Waals surface area contributed by atoms with Crippen molar-refractivity contribution in [1.82, 2.24) is 9.88 Å². The third-order valence-corrected chi connectivity index (χ3v) is 3.38. The van der Waals surface area contributed by atoms with Crippen LogP contribution in [0.15, 0.2) is 42.5 Å². The van der Waals surface area contributed by atoms with E-state index in [1.165, 1.54) is 30.1 Å². The SMILES string of the molecule is CN(Cc1ccc(OCC(=O)O)cc1)C(=O)c1cccc(OCC(F)(F)F)n1. The van der Waals surface area contributed by atoms with Gasteiger partial charge in [-0.05, 0) is 23.8 Å². The van der Waals surface area contributed by atoms with Crippen molar-refractivity contribution in [2.24, 2.45) is 0 Å². The molecule has 0 spiro atoms. The van der Waals surface area contributed by atoms with E-state index < -0.39 is 31.3 Å². The summed E-state index contributed by atoms with van der Waals surface area (Å²) in [5.74, 6) is -1.51. The number of alkyl halides is 3. The number of carbonyl (C=O) groups excluding carboxylic acids is 1. The van der Waals surface area contributed by atoms with Crippen LogP contribution in [0, 0.1) is 0 Å². The number of hydrogen-bond donors (Lipinski definition) is 1. The Hall–Kier alpha value is -3.30. The zero-order valence-electron chi connectivity index (χ0n) is 14.8. The number of aromatic nitrogens is 1. The van der Waals surface area contributed by atoms with E-state index in [2.05, 4.69) is 9.72 Å². The number of carboxylic acid groups (broad SMARTS) is 1. The zero-order valence-corrected chi connectivity index (χ0v) is 14.8. The summed E-state index contributed by atoms with van der Waals surface area (Å²) in [5, 5.41) is 8.57. The van der Waals surface area contributed by atoms with Gasteiger partial charge in [0.05, 0.1) is 0 Å². The topological polar surface area (TPSA) is 89.0 Å². The van der Waals surface area contributed by atoms with Crippen LogP contribution in [0.25, 0.3) is 0 Å². The fraction of sp³-hybridized carbons (Fsp3) is 0.278. The molecule has 0 fully saturated rings. The highest BCUT2D eigenvalue weighted by molar-refractivity contribution is 5.92. The van der Waals surface area contributed by atoms with Gasteiger partial charge in [-0.1, -0.05) is 18.2 Å². The number of nitrogens with zero attached hydrogens (tertiary/aromatic N) is 2. The van der Waals surface area contributed by atoms with Gasteiger partial charge in [0.2, 0.25) is 5.88 Å². The largest absolute Gasteiger partial charge is 0.482 e. The van der Waals surface area contributed by atoms with E-state index >= 15 is 0 Å². The van der Waals surface area contributed by atoms with E-state index in [0.29, 0.717) is 5.75 Å². The number of pyridine rings is 1. The summed E-state index contributed by atoms with van der Waals surface area (Å²) in [5.41, 5.74) is 0.687. The van der Waals surface area contributed by atoms with Gasteiger partial charge in [0.1, 0.15) is 11.4 Å². The number of hydrogen-bond acceptors (Lipinski definition) is 5. The lowest BCUT2D eigenvalue weighted by atomic mass is 10.2. The molecule has 1 heterocycles. The second kappa shape index (κ2) is 9.07. The molecule has 1 amide bonds. The summed E-state index contributed by atoms with van der Waals surface area (Å²) in [7, 11) is 1.52. The van der Waals surface area contributed by atoms with Crippen LogP contribution in [-0.2, 0) is 11.3 Å². The van der Waals surface area contributed by atoms with Crippen LogP contribution in [0.2, 0.25) is 0 Å². The van der Waals surface area contributed by atoms with E-state index in [-0.39, 0.29) is 18.1 Å². The Kier molecular flexibility index (Phi) is 6.80. The Labute approximate surface area is 158 Å². The van der Waals surface area contributed by atoms with Crippen molar-refractivity contribution < 1.29 is 37.3 Å². The lowest BCUT2D eigenvalue weighted by molar-refractivity contribution is -0.154. The van der Waals surface area contributed by atoms with Gasteiger partial charge in [0, 0.05) is 19.7 Å². The Bertz CT molecular complexity index is 825. The van der Waals surface area contributed by atoms with Crippen molar-refractivity contribution in [2.45, 2.75) is 12.7 Å². The summed E-state index contributed by atoms with van der Waals surface area (Å²) < 4.78 is 46.2. The number of halogens is 3. The van der Waals surface area contributed by atoms with Crippen LogP contribution in [-0.4, -0.2) is 53.3 Å². The van der Waals surface area contributed by atoms with Crippen LogP contribution in [0.5, 0.6) is 11.6 Å². The van der Waals surface area contributed by atoms with Gasteiger partial charge in [-0.15, -0.1) is 0 Å². The highest BCUT2D eigenvalue weighted by Crippen LogP contribution is 2.18. The highest BCUT2D eigenvalue weighted by Gasteiger charge is 2.28. The number of carboxylic acids is 1. The first kappa shape index (κ1) is 21.0. The molecule has 0 atom stereocenters. The molecule has 150 valence electrons. The summed E-state index contributed by atoms with van der Waals surface area (Å²) in [4.78, 5) is 28.1. The number of carbonyl (C=O) groups is 2. The van der Waals surface area contributed by atoms with Gasteiger partial charge in [-0.3, -0.25) is 4.79 Å². The molecular formula is C18H17F3N2O5. The molecule has 0 aliphatic rings. The maximum absolute atomic E-state index is 12.4. The Morgan fingerprint density at radius 3 is 2.39 bits per heavy atom. The molecule has 0 aliphatic heterocycles. The normalized spacial score (nSPS) is 11.0. The van der Waals surface area contributed by atoms with Crippen molar-refractivity contribution in [3.05, 3.63) is 53.7 Å². The maximum atomic E-state index is 12.4. The molecule has 10 heteroatoms. The first-order valence-corrected chi connectivity index (χ1v) is 7.99. The number of aliphatic carboxylic acids is 1. The standard InChI is InChI=1S/C18H17F3N2O5/c1-23(9-12-5-7-13(8-6-12)27-10-16(24)25)17(26)14-3-2-4-15(22-14)28-11-18(19,20)21/h2-8H,9-11H2,1H3,(H,24,25). The number of ether oxygens (including phenoxy) is 2. The first-order valence-electron chi connectivity index (χ1n) is 7.99. The number of rotatable bonds is 8. The fourth-order valence-corrected chi connectivity index (χ4v) is 2.15. The van der Waals surface area contributed by atoms with E-state index in [1.807, 2.05) is 0 Å². The lowest BCUT2D eigenvalue weighted by Crippen LogP contribution is -2.27. The number of benzene rings is 1. The minimum atomic E-state index is -4.50. The summed E-state index contributed by atoms with van der Waals surface area (Å²) in [6, 6.07) is 10.5. The number of amides is 1. The zero-order chi connectivity index (χ0) is 20.7. The molecule has 0 saturated carbocycles. The van der Waals surface area contributed by atoms with Gasteiger partial charge < -0.3 is 19.5 Å². The Balaban J connectivity index is 1.97.